The van der Waals surface area contributed by atoms with Gasteiger partial charge in [-0.25, -0.2) is 4.79 Å². The Hall–Kier alpha value is -3.93. The van der Waals surface area contributed by atoms with E-state index in [4.69, 9.17) is 9.15 Å². The van der Waals surface area contributed by atoms with Crippen molar-refractivity contribution in [1.82, 2.24) is 0 Å². The van der Waals surface area contributed by atoms with E-state index in [0.717, 1.165) is 16.8 Å². The second kappa shape index (κ2) is 7.59. The first kappa shape index (κ1) is 18.4. The molecule has 144 valence electrons. The Morgan fingerprint density at radius 3 is 2.45 bits per heavy atom. The highest BCUT2D eigenvalue weighted by atomic mass is 16.6. The van der Waals surface area contributed by atoms with Gasteiger partial charge < -0.3 is 14.5 Å². The van der Waals surface area contributed by atoms with Gasteiger partial charge in [-0.3, -0.25) is 9.59 Å². The predicted molar refractivity (Wildman–Crippen MR) is 110 cm³/mol. The Kier molecular flexibility index (Phi) is 4.83. The average Bonchev–Trinajstić information content (AvgIpc) is 2.74. The summed E-state index contributed by atoms with van der Waals surface area (Å²) in [6.45, 7) is 1.46. The van der Waals surface area contributed by atoms with Crippen LogP contribution in [-0.4, -0.2) is 18.0 Å². The molecule has 0 aliphatic rings. The lowest BCUT2D eigenvalue weighted by molar-refractivity contribution is -0.123. The lowest BCUT2D eigenvalue weighted by Crippen LogP contribution is -2.30. The third-order valence-corrected chi connectivity index (χ3v) is 4.54. The molecule has 6 nitrogen and oxygen atoms in total. The number of amides is 1. The maximum Gasteiger partial charge on any atom is 0.375 e. The van der Waals surface area contributed by atoms with Crippen LogP contribution in [0.5, 0.6) is 0 Å². The molecule has 3 aromatic carbocycles. The number of benzene rings is 3. The Balaban J connectivity index is 1.51. The van der Waals surface area contributed by atoms with E-state index in [9.17, 15) is 14.4 Å². The molecule has 4 rings (SSSR count). The van der Waals surface area contributed by atoms with Crippen molar-refractivity contribution in [2.45, 2.75) is 13.0 Å². The zero-order valence-electron chi connectivity index (χ0n) is 15.5. The van der Waals surface area contributed by atoms with Gasteiger partial charge >= 0.3 is 5.97 Å². The van der Waals surface area contributed by atoms with Crippen molar-refractivity contribution in [2.24, 2.45) is 0 Å². The normalized spacial score (nSPS) is 11.9. The molecule has 0 aliphatic heterocycles. The van der Waals surface area contributed by atoms with Crippen molar-refractivity contribution in [1.29, 1.82) is 0 Å². The molecule has 0 fully saturated rings. The summed E-state index contributed by atoms with van der Waals surface area (Å²) in [5, 5.41) is 5.00. The fourth-order valence-electron chi connectivity index (χ4n) is 3.05. The number of anilines is 1. The molecule has 1 amide bonds. The van der Waals surface area contributed by atoms with Crippen LogP contribution in [0.4, 0.5) is 5.69 Å². The van der Waals surface area contributed by atoms with Gasteiger partial charge in [-0.15, -0.1) is 0 Å². The summed E-state index contributed by atoms with van der Waals surface area (Å²) < 4.78 is 10.7. The highest BCUT2D eigenvalue weighted by Gasteiger charge is 2.22. The van der Waals surface area contributed by atoms with Gasteiger partial charge in [-0.05, 0) is 30.5 Å². The van der Waals surface area contributed by atoms with Crippen molar-refractivity contribution in [3.8, 4) is 0 Å². The number of hydrogen-bond donors (Lipinski definition) is 1. The SMILES string of the molecule is CC(OC(=O)c1cc(=O)c2ccccc2o1)C(=O)Nc1cccc2ccccc12. The Bertz CT molecular complexity index is 1290. The van der Waals surface area contributed by atoms with E-state index in [1.807, 2.05) is 36.4 Å². The van der Waals surface area contributed by atoms with Crippen molar-refractivity contribution in [3.05, 3.63) is 88.8 Å². The van der Waals surface area contributed by atoms with Crippen LogP contribution in [0.1, 0.15) is 17.5 Å². The first-order chi connectivity index (χ1) is 14.0. The standard InChI is InChI=1S/C23H17NO5/c1-14(22(26)24-18-11-6-8-15-7-2-3-9-16(15)18)28-23(27)21-13-19(25)17-10-4-5-12-20(17)29-21/h2-14H,1H3,(H,24,26). The van der Waals surface area contributed by atoms with E-state index < -0.39 is 18.0 Å². The maximum absolute atomic E-state index is 12.5. The Morgan fingerprint density at radius 2 is 1.62 bits per heavy atom. The van der Waals surface area contributed by atoms with Crippen LogP contribution in [0, 0.1) is 0 Å². The molecule has 1 aromatic heterocycles. The van der Waals surface area contributed by atoms with Gasteiger partial charge in [0.15, 0.2) is 11.5 Å². The summed E-state index contributed by atoms with van der Waals surface area (Å²) in [5.74, 6) is -1.62. The summed E-state index contributed by atoms with van der Waals surface area (Å²) in [5.41, 5.74) is 0.541. The molecule has 0 saturated heterocycles. The van der Waals surface area contributed by atoms with Crippen LogP contribution >= 0.6 is 0 Å². The van der Waals surface area contributed by atoms with E-state index in [2.05, 4.69) is 5.32 Å². The quantitative estimate of drug-likeness (QED) is 0.532. The van der Waals surface area contributed by atoms with Gasteiger partial charge in [0.2, 0.25) is 5.76 Å². The number of carbonyl (C=O) groups excluding carboxylic acids is 2. The zero-order chi connectivity index (χ0) is 20.4. The summed E-state index contributed by atoms with van der Waals surface area (Å²) in [4.78, 5) is 37.0. The van der Waals surface area contributed by atoms with E-state index in [1.165, 1.54) is 6.92 Å². The lowest BCUT2D eigenvalue weighted by Gasteiger charge is -2.14. The third kappa shape index (κ3) is 3.73. The van der Waals surface area contributed by atoms with Gasteiger partial charge in [-0.1, -0.05) is 48.5 Å². The molecule has 0 radical (unpaired) electrons. The second-order valence-electron chi connectivity index (χ2n) is 6.53. The molecule has 1 atom stereocenters. The number of ether oxygens (including phenoxy) is 1. The van der Waals surface area contributed by atoms with Crippen molar-refractivity contribution in [2.75, 3.05) is 5.32 Å². The summed E-state index contributed by atoms with van der Waals surface area (Å²) in [6.07, 6.45) is -1.08. The maximum atomic E-state index is 12.5. The predicted octanol–water partition coefficient (Wildman–Crippen LogP) is 4.13. The molecule has 0 aliphatic carbocycles. The van der Waals surface area contributed by atoms with Gasteiger partial charge in [0, 0.05) is 17.1 Å². The van der Waals surface area contributed by atoms with Crippen LogP contribution in [0.2, 0.25) is 0 Å². The first-order valence-electron chi connectivity index (χ1n) is 9.05. The molecule has 1 N–H and O–H groups in total. The van der Waals surface area contributed by atoms with Crippen molar-refractivity contribution < 1.29 is 18.7 Å². The topological polar surface area (TPSA) is 85.6 Å². The Morgan fingerprint density at radius 1 is 0.931 bits per heavy atom. The number of nitrogens with one attached hydrogen (secondary N) is 1. The third-order valence-electron chi connectivity index (χ3n) is 4.54. The molecule has 29 heavy (non-hydrogen) atoms. The van der Waals surface area contributed by atoms with Crippen LogP contribution in [0.3, 0.4) is 0 Å². The summed E-state index contributed by atoms with van der Waals surface area (Å²) in [6, 6.07) is 20.8. The van der Waals surface area contributed by atoms with Crippen LogP contribution in [0.25, 0.3) is 21.7 Å². The highest BCUT2D eigenvalue weighted by Crippen LogP contribution is 2.23. The van der Waals surface area contributed by atoms with Gasteiger partial charge in [0.05, 0.1) is 5.39 Å². The molecule has 1 heterocycles. The Labute approximate surface area is 165 Å². The minimum absolute atomic E-state index is 0.251. The first-order valence-corrected chi connectivity index (χ1v) is 9.05. The second-order valence-corrected chi connectivity index (χ2v) is 6.53. The molecular formula is C23H17NO5. The molecule has 4 aromatic rings. The fourth-order valence-corrected chi connectivity index (χ4v) is 3.05. The van der Waals surface area contributed by atoms with Gasteiger partial charge in [0.1, 0.15) is 5.58 Å². The average molecular weight is 387 g/mol. The van der Waals surface area contributed by atoms with E-state index in [-0.39, 0.29) is 16.8 Å². The molecule has 1 unspecified atom stereocenters. The largest absolute Gasteiger partial charge is 0.449 e. The lowest BCUT2D eigenvalue weighted by atomic mass is 10.1. The highest BCUT2D eigenvalue weighted by molar-refractivity contribution is 6.04. The summed E-state index contributed by atoms with van der Waals surface area (Å²) in [7, 11) is 0. The molecule has 0 bridgehead atoms. The molecule has 0 spiro atoms. The zero-order valence-corrected chi connectivity index (χ0v) is 15.5. The van der Waals surface area contributed by atoms with Crippen molar-refractivity contribution >= 4 is 39.3 Å². The number of rotatable bonds is 4. The van der Waals surface area contributed by atoms with Crippen LogP contribution in [-0.2, 0) is 9.53 Å². The van der Waals surface area contributed by atoms with Gasteiger partial charge in [-0.2, -0.15) is 0 Å². The summed E-state index contributed by atoms with van der Waals surface area (Å²) >= 11 is 0. The molecule has 0 saturated carbocycles. The number of para-hydroxylation sites is 1. The monoisotopic (exact) mass is 387 g/mol. The minimum atomic E-state index is -1.08. The molecular weight excluding hydrogens is 370 g/mol. The smallest absolute Gasteiger partial charge is 0.375 e. The number of fused-ring (bicyclic) bond motifs is 2. The van der Waals surface area contributed by atoms with E-state index >= 15 is 0 Å². The fraction of sp³-hybridized carbons (Fsp3) is 0.0870. The van der Waals surface area contributed by atoms with Crippen molar-refractivity contribution in [3.63, 3.8) is 0 Å². The van der Waals surface area contributed by atoms with Gasteiger partial charge in [0.25, 0.3) is 5.91 Å². The van der Waals surface area contributed by atoms with Crippen LogP contribution < -0.4 is 10.7 Å². The van der Waals surface area contributed by atoms with E-state index in [1.54, 1.807) is 30.3 Å². The minimum Gasteiger partial charge on any atom is -0.449 e. The van der Waals surface area contributed by atoms with Crippen LogP contribution in [0.15, 0.2) is 82.0 Å². The number of hydrogen-bond acceptors (Lipinski definition) is 5. The molecule has 6 heteroatoms. The van der Waals surface area contributed by atoms with E-state index in [0.29, 0.717) is 11.1 Å². The number of carbonyl (C=O) groups is 2. The number of esters is 1.